The number of phenolic OH excluding ortho intramolecular Hbond substituents is 1. The number of aromatic hydroxyl groups is 1. The molecule has 1 nitrogen and oxygen atoms in total. The largest absolute Gasteiger partial charge is 0.503 e. The van der Waals surface area contributed by atoms with Crippen molar-refractivity contribution >= 4 is 0 Å². The van der Waals surface area contributed by atoms with Crippen LogP contribution in [0.1, 0.15) is 11.1 Å². The summed E-state index contributed by atoms with van der Waals surface area (Å²) in [5.41, 5.74) is 1.75. The summed E-state index contributed by atoms with van der Waals surface area (Å²) in [6.45, 7) is 3.35. The van der Waals surface area contributed by atoms with Gasteiger partial charge in [-0.25, -0.2) is 13.2 Å². The molecule has 0 spiro atoms. The highest BCUT2D eigenvalue weighted by atomic mass is 19.1. The summed E-state index contributed by atoms with van der Waals surface area (Å²) >= 11 is 0. The Labute approximate surface area is 103 Å². The Kier molecular flexibility index (Phi) is 3.03. The summed E-state index contributed by atoms with van der Waals surface area (Å²) in [6, 6.07) is 4.81. The molecule has 2 aromatic carbocycles. The molecule has 0 radical (unpaired) electrons. The van der Waals surface area contributed by atoms with E-state index in [1.54, 1.807) is 19.9 Å². The number of phenols is 1. The Balaban J connectivity index is 2.63. The smallest absolute Gasteiger partial charge is 0.187 e. The average Bonchev–Trinajstić information content (AvgIpc) is 2.31. The first-order valence-corrected chi connectivity index (χ1v) is 5.35. The zero-order valence-electron chi connectivity index (χ0n) is 9.89. The third kappa shape index (κ3) is 2.06. The minimum atomic E-state index is -1.07. The van der Waals surface area contributed by atoms with Gasteiger partial charge < -0.3 is 5.11 Å². The molecule has 2 rings (SSSR count). The van der Waals surface area contributed by atoms with Crippen molar-refractivity contribution in [3.05, 3.63) is 52.8 Å². The summed E-state index contributed by atoms with van der Waals surface area (Å²) in [4.78, 5) is 0. The number of aryl methyl sites for hydroxylation is 1. The van der Waals surface area contributed by atoms with Crippen molar-refractivity contribution in [3.63, 3.8) is 0 Å². The van der Waals surface area contributed by atoms with Crippen LogP contribution in [0.15, 0.2) is 24.3 Å². The molecule has 0 heterocycles. The molecule has 0 aliphatic rings. The normalized spacial score (nSPS) is 10.7. The molecular weight excluding hydrogens is 241 g/mol. The predicted molar refractivity (Wildman–Crippen MR) is 62.9 cm³/mol. The molecule has 0 aliphatic heterocycles. The number of benzene rings is 2. The van der Waals surface area contributed by atoms with Gasteiger partial charge in [0.15, 0.2) is 17.4 Å². The molecule has 0 aromatic heterocycles. The molecule has 0 saturated heterocycles. The highest BCUT2D eigenvalue weighted by molar-refractivity contribution is 5.66. The van der Waals surface area contributed by atoms with Gasteiger partial charge in [0.1, 0.15) is 5.82 Å². The van der Waals surface area contributed by atoms with Crippen LogP contribution in [-0.4, -0.2) is 5.11 Å². The van der Waals surface area contributed by atoms with E-state index in [4.69, 9.17) is 5.11 Å². The lowest BCUT2D eigenvalue weighted by Crippen LogP contribution is -1.91. The van der Waals surface area contributed by atoms with E-state index in [1.807, 2.05) is 0 Å². The molecule has 0 saturated carbocycles. The van der Waals surface area contributed by atoms with Crippen molar-refractivity contribution in [1.29, 1.82) is 0 Å². The summed E-state index contributed by atoms with van der Waals surface area (Å²) in [7, 11) is 0. The third-order valence-corrected chi connectivity index (χ3v) is 2.95. The monoisotopic (exact) mass is 252 g/mol. The first-order valence-electron chi connectivity index (χ1n) is 5.35. The zero-order chi connectivity index (χ0) is 13.4. The standard InChI is InChI=1S/C14H11F3O/c1-7-3-9(4-11(15)8(7)2)10-5-12(16)14(18)13(17)6-10/h3-6,18H,1-2H3. The first-order chi connectivity index (χ1) is 8.40. The van der Waals surface area contributed by atoms with Gasteiger partial charge >= 0.3 is 0 Å². The SMILES string of the molecule is Cc1cc(-c2cc(F)c(O)c(F)c2)cc(F)c1C. The second kappa shape index (κ2) is 4.37. The minimum Gasteiger partial charge on any atom is -0.503 e. The lowest BCUT2D eigenvalue weighted by atomic mass is 9.99. The van der Waals surface area contributed by atoms with E-state index in [9.17, 15) is 13.2 Å². The van der Waals surface area contributed by atoms with Crippen molar-refractivity contribution < 1.29 is 18.3 Å². The number of hydrogen-bond acceptors (Lipinski definition) is 1. The van der Waals surface area contributed by atoms with Crippen molar-refractivity contribution in [3.8, 4) is 16.9 Å². The number of rotatable bonds is 1. The second-order valence-electron chi connectivity index (χ2n) is 4.19. The third-order valence-electron chi connectivity index (χ3n) is 2.95. The Hall–Kier alpha value is -1.97. The molecule has 94 valence electrons. The lowest BCUT2D eigenvalue weighted by molar-refractivity contribution is 0.396. The maximum atomic E-state index is 13.6. The van der Waals surface area contributed by atoms with Crippen LogP contribution in [0.25, 0.3) is 11.1 Å². The van der Waals surface area contributed by atoms with E-state index in [1.165, 1.54) is 6.07 Å². The lowest BCUT2D eigenvalue weighted by Gasteiger charge is -2.08. The van der Waals surface area contributed by atoms with Crippen LogP contribution in [0.4, 0.5) is 13.2 Å². The number of halogens is 3. The van der Waals surface area contributed by atoms with Crippen molar-refractivity contribution in [2.24, 2.45) is 0 Å². The van der Waals surface area contributed by atoms with Crippen LogP contribution in [0.5, 0.6) is 5.75 Å². The molecule has 18 heavy (non-hydrogen) atoms. The van der Waals surface area contributed by atoms with Crippen LogP contribution < -0.4 is 0 Å². The first kappa shape index (κ1) is 12.5. The molecular formula is C14H11F3O. The van der Waals surface area contributed by atoms with Crippen LogP contribution in [-0.2, 0) is 0 Å². The number of hydrogen-bond donors (Lipinski definition) is 1. The molecule has 2 aromatic rings. The molecule has 0 atom stereocenters. The van der Waals surface area contributed by atoms with Crippen LogP contribution in [0.3, 0.4) is 0 Å². The van der Waals surface area contributed by atoms with Crippen molar-refractivity contribution in [1.82, 2.24) is 0 Å². The van der Waals surface area contributed by atoms with Gasteiger partial charge in [0.05, 0.1) is 0 Å². The van der Waals surface area contributed by atoms with Gasteiger partial charge in [0, 0.05) is 0 Å². The minimum absolute atomic E-state index is 0.185. The molecule has 1 N–H and O–H groups in total. The summed E-state index contributed by atoms with van der Waals surface area (Å²) in [6.07, 6.45) is 0. The van der Waals surface area contributed by atoms with Gasteiger partial charge in [-0.1, -0.05) is 6.07 Å². The van der Waals surface area contributed by atoms with E-state index in [-0.39, 0.29) is 5.56 Å². The fourth-order valence-electron chi connectivity index (χ4n) is 1.72. The molecule has 0 amide bonds. The van der Waals surface area contributed by atoms with E-state index in [0.29, 0.717) is 16.7 Å². The Morgan fingerprint density at radius 3 is 1.72 bits per heavy atom. The van der Waals surface area contributed by atoms with Gasteiger partial charge in [-0.05, 0) is 54.3 Å². The van der Waals surface area contributed by atoms with E-state index in [0.717, 1.165) is 12.1 Å². The maximum absolute atomic E-state index is 13.6. The molecule has 0 bridgehead atoms. The zero-order valence-corrected chi connectivity index (χ0v) is 9.89. The van der Waals surface area contributed by atoms with E-state index in [2.05, 4.69) is 0 Å². The molecule has 0 fully saturated rings. The van der Waals surface area contributed by atoms with Gasteiger partial charge in [-0.3, -0.25) is 0 Å². The topological polar surface area (TPSA) is 20.2 Å². The van der Waals surface area contributed by atoms with Gasteiger partial charge in [-0.2, -0.15) is 0 Å². The predicted octanol–water partition coefficient (Wildman–Crippen LogP) is 4.09. The van der Waals surface area contributed by atoms with Gasteiger partial charge in [0.2, 0.25) is 0 Å². The van der Waals surface area contributed by atoms with Crippen molar-refractivity contribution in [2.75, 3.05) is 0 Å². The molecule has 4 heteroatoms. The summed E-state index contributed by atoms with van der Waals surface area (Å²) < 4.78 is 40.0. The summed E-state index contributed by atoms with van der Waals surface area (Å²) in [5, 5.41) is 9.01. The van der Waals surface area contributed by atoms with Crippen LogP contribution >= 0.6 is 0 Å². The fourth-order valence-corrected chi connectivity index (χ4v) is 1.72. The van der Waals surface area contributed by atoms with Crippen LogP contribution in [0.2, 0.25) is 0 Å². The molecule has 0 aliphatic carbocycles. The van der Waals surface area contributed by atoms with Crippen molar-refractivity contribution in [2.45, 2.75) is 13.8 Å². The fraction of sp³-hybridized carbons (Fsp3) is 0.143. The van der Waals surface area contributed by atoms with Crippen LogP contribution in [0, 0.1) is 31.3 Å². The van der Waals surface area contributed by atoms with Gasteiger partial charge in [0.25, 0.3) is 0 Å². The van der Waals surface area contributed by atoms with E-state index >= 15 is 0 Å². The highest BCUT2D eigenvalue weighted by Crippen LogP contribution is 2.29. The summed E-state index contributed by atoms with van der Waals surface area (Å²) in [5.74, 6) is -3.59. The van der Waals surface area contributed by atoms with Gasteiger partial charge in [-0.15, -0.1) is 0 Å². The van der Waals surface area contributed by atoms with E-state index < -0.39 is 23.2 Å². The second-order valence-corrected chi connectivity index (χ2v) is 4.19. The maximum Gasteiger partial charge on any atom is 0.187 e. The Morgan fingerprint density at radius 1 is 0.778 bits per heavy atom. The highest BCUT2D eigenvalue weighted by Gasteiger charge is 2.12. The Morgan fingerprint density at radius 2 is 1.22 bits per heavy atom. The quantitative estimate of drug-likeness (QED) is 0.810. The average molecular weight is 252 g/mol. The Bertz CT molecular complexity index is 519. The molecule has 0 unspecified atom stereocenters.